The zero-order chi connectivity index (χ0) is 19.3. The molecule has 2 aliphatic rings. The molecule has 2 aromatic heterocycles. The first-order valence-corrected chi connectivity index (χ1v) is 10.4. The van der Waals surface area contributed by atoms with Crippen molar-refractivity contribution in [2.75, 3.05) is 24.5 Å². The predicted molar refractivity (Wildman–Crippen MR) is 108 cm³/mol. The van der Waals surface area contributed by atoms with E-state index >= 15 is 0 Å². The maximum absolute atomic E-state index is 13.3. The lowest BCUT2D eigenvalue weighted by molar-refractivity contribution is 0.0704. The second-order valence-electron chi connectivity index (χ2n) is 7.73. The van der Waals surface area contributed by atoms with E-state index in [1.807, 2.05) is 23.4 Å². The first-order valence-electron chi connectivity index (χ1n) is 9.56. The average molecular weight is 395 g/mol. The molecule has 6 nitrogen and oxygen atoms in total. The second kappa shape index (κ2) is 6.74. The van der Waals surface area contributed by atoms with E-state index in [1.54, 1.807) is 17.4 Å². The summed E-state index contributed by atoms with van der Waals surface area (Å²) in [4.78, 5) is 22.1. The molecular weight excluding hydrogens is 372 g/mol. The average Bonchev–Trinajstić information content (AvgIpc) is 3.45. The molecule has 0 bridgehead atoms. The Hall–Kier alpha value is -2.67. The Morgan fingerprint density at radius 1 is 1.21 bits per heavy atom. The highest BCUT2D eigenvalue weighted by Crippen LogP contribution is 2.47. The highest BCUT2D eigenvalue weighted by atomic mass is 32.1. The van der Waals surface area contributed by atoms with Gasteiger partial charge in [-0.2, -0.15) is 0 Å². The first kappa shape index (κ1) is 17.4. The molecule has 4 heterocycles. The number of carbonyl (C=O) groups is 1. The van der Waals surface area contributed by atoms with Crippen molar-refractivity contribution < 1.29 is 9.32 Å². The van der Waals surface area contributed by atoms with Crippen molar-refractivity contribution in [3.05, 3.63) is 64.5 Å². The van der Waals surface area contributed by atoms with Crippen LogP contribution in [0.1, 0.15) is 33.4 Å². The molecule has 3 atom stereocenters. The summed E-state index contributed by atoms with van der Waals surface area (Å²) in [6, 6.07) is 10.2. The van der Waals surface area contributed by atoms with Crippen LogP contribution in [0, 0.1) is 25.7 Å². The van der Waals surface area contributed by atoms with Crippen LogP contribution in [0.3, 0.4) is 0 Å². The molecular formula is C21H22N4O2S. The van der Waals surface area contributed by atoms with Crippen molar-refractivity contribution in [2.24, 2.45) is 11.8 Å². The van der Waals surface area contributed by atoms with E-state index in [0.29, 0.717) is 23.3 Å². The number of fused-ring (bicyclic) bond motifs is 1. The maximum atomic E-state index is 13.3. The summed E-state index contributed by atoms with van der Waals surface area (Å²) in [6.07, 6.45) is 1.86. The Morgan fingerprint density at radius 3 is 2.79 bits per heavy atom. The number of hydrogen-bond donors (Lipinski definition) is 0. The molecule has 0 unspecified atom stereocenters. The van der Waals surface area contributed by atoms with E-state index in [9.17, 15) is 4.79 Å². The lowest BCUT2D eigenvalue weighted by atomic mass is 9.87. The summed E-state index contributed by atoms with van der Waals surface area (Å²) in [5.41, 5.74) is 2.84. The number of hydrogen-bond acceptors (Lipinski definition) is 6. The fourth-order valence-electron chi connectivity index (χ4n) is 4.71. The Bertz CT molecular complexity index is 1000. The smallest absolute Gasteiger partial charge is 0.276 e. The van der Waals surface area contributed by atoms with Crippen LogP contribution < -0.4 is 4.90 Å². The van der Waals surface area contributed by atoms with Crippen LogP contribution in [0.4, 0.5) is 5.13 Å². The third kappa shape index (κ3) is 2.81. The zero-order valence-corrected chi connectivity index (χ0v) is 16.7. The quantitative estimate of drug-likeness (QED) is 0.678. The highest BCUT2D eigenvalue weighted by molar-refractivity contribution is 7.13. The number of benzene rings is 1. The summed E-state index contributed by atoms with van der Waals surface area (Å²) < 4.78 is 5.16. The predicted octanol–water partition coefficient (Wildman–Crippen LogP) is 3.70. The normalized spacial score (nSPS) is 24.0. The van der Waals surface area contributed by atoms with Gasteiger partial charge in [-0.15, -0.1) is 11.3 Å². The molecule has 144 valence electrons. The van der Waals surface area contributed by atoms with Gasteiger partial charge in [0.1, 0.15) is 5.76 Å². The molecule has 3 aromatic rings. The summed E-state index contributed by atoms with van der Waals surface area (Å²) in [5, 5.41) is 7.07. The van der Waals surface area contributed by atoms with Crippen LogP contribution in [0.25, 0.3) is 0 Å². The fraction of sp³-hybridized carbons (Fsp3) is 0.381. The van der Waals surface area contributed by atoms with Gasteiger partial charge in [0.05, 0.1) is 6.04 Å². The van der Waals surface area contributed by atoms with Crippen molar-refractivity contribution in [1.82, 2.24) is 15.0 Å². The topological polar surface area (TPSA) is 62.5 Å². The van der Waals surface area contributed by atoms with Crippen LogP contribution in [-0.4, -0.2) is 40.6 Å². The van der Waals surface area contributed by atoms with Crippen molar-refractivity contribution in [3.63, 3.8) is 0 Å². The Balaban J connectivity index is 1.50. The lowest BCUT2D eigenvalue weighted by Crippen LogP contribution is -2.36. The number of thiazole rings is 1. The van der Waals surface area contributed by atoms with Gasteiger partial charge in [0.25, 0.3) is 5.91 Å². The number of aryl methyl sites for hydroxylation is 2. The second-order valence-corrected chi connectivity index (χ2v) is 8.60. The first-order chi connectivity index (χ1) is 13.6. The zero-order valence-electron chi connectivity index (χ0n) is 15.9. The van der Waals surface area contributed by atoms with Gasteiger partial charge in [0.15, 0.2) is 10.8 Å². The van der Waals surface area contributed by atoms with Gasteiger partial charge in [-0.25, -0.2) is 4.98 Å². The molecule has 2 fully saturated rings. The van der Waals surface area contributed by atoms with E-state index < -0.39 is 0 Å². The molecule has 0 aliphatic carbocycles. The molecule has 1 amide bonds. The van der Waals surface area contributed by atoms with Gasteiger partial charge >= 0.3 is 0 Å². The molecule has 0 spiro atoms. The number of amides is 1. The fourth-order valence-corrected chi connectivity index (χ4v) is 5.38. The third-order valence-corrected chi connectivity index (χ3v) is 6.80. The Morgan fingerprint density at radius 2 is 2.07 bits per heavy atom. The highest BCUT2D eigenvalue weighted by Gasteiger charge is 2.50. The largest absolute Gasteiger partial charge is 0.361 e. The van der Waals surface area contributed by atoms with Gasteiger partial charge in [-0.3, -0.25) is 4.79 Å². The number of anilines is 1. The monoisotopic (exact) mass is 394 g/mol. The molecule has 5 rings (SSSR count). The number of nitrogens with zero attached hydrogens (tertiary/aromatic N) is 4. The lowest BCUT2D eigenvalue weighted by Gasteiger charge is -2.30. The van der Waals surface area contributed by atoms with E-state index in [0.717, 1.165) is 24.8 Å². The van der Waals surface area contributed by atoms with Crippen molar-refractivity contribution in [1.29, 1.82) is 0 Å². The van der Waals surface area contributed by atoms with Gasteiger partial charge < -0.3 is 14.3 Å². The minimum atomic E-state index is -0.0414. The van der Waals surface area contributed by atoms with E-state index in [4.69, 9.17) is 4.52 Å². The molecule has 0 N–H and O–H groups in total. The van der Waals surface area contributed by atoms with Crippen LogP contribution in [0.15, 0.2) is 46.4 Å². The molecule has 28 heavy (non-hydrogen) atoms. The number of likely N-dealkylation sites (tertiary alicyclic amines) is 1. The van der Waals surface area contributed by atoms with E-state index in [2.05, 4.69) is 46.2 Å². The standard InChI is InChI=1S/C21H22N4O2S/c1-13-5-3-4-6-16(13)19-17-12-24(21-22-7-8-28-21)10-15(17)11-25(19)20(26)18-9-14(2)27-23-18/h3-9,15,17,19H,10-12H2,1-2H3/t15-,17-,19+/m0/s1. The van der Waals surface area contributed by atoms with Crippen molar-refractivity contribution >= 4 is 22.4 Å². The van der Waals surface area contributed by atoms with Gasteiger partial charge in [0, 0.05) is 49.1 Å². The maximum Gasteiger partial charge on any atom is 0.276 e. The van der Waals surface area contributed by atoms with Crippen LogP contribution in [0.2, 0.25) is 0 Å². The van der Waals surface area contributed by atoms with Crippen LogP contribution in [-0.2, 0) is 0 Å². The summed E-state index contributed by atoms with van der Waals surface area (Å²) in [6.45, 7) is 6.52. The van der Waals surface area contributed by atoms with Gasteiger partial charge in [0.2, 0.25) is 0 Å². The van der Waals surface area contributed by atoms with Crippen molar-refractivity contribution in [3.8, 4) is 0 Å². The summed E-state index contributed by atoms with van der Waals surface area (Å²) in [7, 11) is 0. The molecule has 0 radical (unpaired) electrons. The van der Waals surface area contributed by atoms with Crippen LogP contribution >= 0.6 is 11.3 Å². The van der Waals surface area contributed by atoms with Crippen molar-refractivity contribution in [2.45, 2.75) is 19.9 Å². The molecule has 2 aliphatic heterocycles. The van der Waals surface area contributed by atoms with E-state index in [1.165, 1.54) is 11.1 Å². The van der Waals surface area contributed by atoms with Gasteiger partial charge in [-0.1, -0.05) is 29.4 Å². The Labute approximate surface area is 167 Å². The summed E-state index contributed by atoms with van der Waals surface area (Å²) >= 11 is 1.68. The minimum absolute atomic E-state index is 0.0414. The minimum Gasteiger partial charge on any atom is -0.361 e. The number of rotatable bonds is 3. The van der Waals surface area contributed by atoms with Crippen LogP contribution in [0.5, 0.6) is 0 Å². The third-order valence-electron chi connectivity index (χ3n) is 5.97. The molecule has 0 saturated carbocycles. The SMILES string of the molecule is Cc1cc(C(=O)N2C[C@@H]3CN(c4nccs4)C[C@@H]3[C@H]2c2ccccc2C)no1. The Kier molecular flexibility index (Phi) is 4.19. The molecule has 1 aromatic carbocycles. The van der Waals surface area contributed by atoms with E-state index in [-0.39, 0.29) is 11.9 Å². The van der Waals surface area contributed by atoms with Gasteiger partial charge in [-0.05, 0) is 25.0 Å². The number of carbonyl (C=O) groups excluding carboxylic acids is 1. The molecule has 2 saturated heterocycles. The summed E-state index contributed by atoms with van der Waals surface area (Å²) in [5.74, 6) is 1.41. The number of aromatic nitrogens is 2. The molecule has 7 heteroatoms.